The van der Waals surface area contributed by atoms with E-state index in [9.17, 15) is 77.0 Å². The van der Waals surface area contributed by atoms with E-state index in [1.807, 2.05) is 37.1 Å². The fraction of sp³-hybridized carbons (Fsp3) is 0.357. The molecule has 0 bridgehead atoms. The molecule has 135 heavy (non-hydrogen) atoms. The van der Waals surface area contributed by atoms with Crippen molar-refractivity contribution in [2.75, 3.05) is 48.5 Å². The zero-order chi connectivity index (χ0) is 97.6. The summed E-state index contributed by atoms with van der Waals surface area (Å²) in [5.41, 5.74) is 0.418. The predicted octanol–water partition coefficient (Wildman–Crippen LogP) is 20.2. The lowest BCUT2D eigenvalue weighted by atomic mass is 9.83. The number of aryl methyl sites for hydroxylation is 7. The summed E-state index contributed by atoms with van der Waals surface area (Å²) in [5.74, 6) is -0.355. The third kappa shape index (κ3) is 21.5. The molecular formula is C98H101F13N18O6. The second-order valence-corrected chi connectivity index (χ2v) is 33.9. The van der Waals surface area contributed by atoms with Crippen LogP contribution < -0.4 is 48.2 Å². The number of fused-ring (bicyclic) bond motifs is 4. The SMILES string of the molecule is COc1cccc(Cc2cc3c(N[C@H](C)c4cccc(C(F)F)c4F)nc(C)nc3n(C)c2=O)c1C.C[C@@H](Nc1ncnc2c1cc(CC1CCCC(O)C1)c(=O)n2C)c1cccc(C(F)F)c1F.Cc1nc(N[C@H](C)c2cccc(C(F)F)c2F)c2cc(-c3cccnc3)c(=O)n(C)c2n1.Cc1nc(N[C@H](C)c2cccc(C(F)F)c2F)c2cc(C3(F)CCN(C)CC3)c(=O)n(C)c2n1. The number of ether oxygens (including phenoxy) is 1. The first-order valence-electron chi connectivity index (χ1n) is 43.6. The van der Waals surface area contributed by atoms with Crippen LogP contribution in [0.1, 0.15) is 206 Å². The van der Waals surface area contributed by atoms with E-state index >= 15 is 4.39 Å². The van der Waals surface area contributed by atoms with Gasteiger partial charge in [0.25, 0.3) is 47.9 Å². The van der Waals surface area contributed by atoms with E-state index in [-0.39, 0.29) is 75.2 Å². The highest BCUT2D eigenvalue weighted by Crippen LogP contribution is 2.41. The minimum atomic E-state index is -2.94. The van der Waals surface area contributed by atoms with Crippen LogP contribution >= 0.6 is 0 Å². The number of piperidine rings is 1. The van der Waals surface area contributed by atoms with Crippen molar-refractivity contribution in [3.8, 4) is 16.9 Å². The third-order valence-electron chi connectivity index (χ3n) is 24.6. The van der Waals surface area contributed by atoms with Crippen molar-refractivity contribution in [1.29, 1.82) is 0 Å². The maximum Gasteiger partial charge on any atom is 0.266 e. The first-order valence-corrected chi connectivity index (χ1v) is 43.6. The number of pyridine rings is 5. The zero-order valence-corrected chi connectivity index (χ0v) is 76.4. The van der Waals surface area contributed by atoms with Crippen LogP contribution in [0.25, 0.3) is 55.3 Å². The fourth-order valence-corrected chi connectivity index (χ4v) is 17.2. The minimum Gasteiger partial charge on any atom is -0.496 e. The van der Waals surface area contributed by atoms with E-state index in [1.165, 1.54) is 86.2 Å². The molecule has 2 aliphatic rings. The smallest absolute Gasteiger partial charge is 0.266 e. The Hall–Kier alpha value is -13.6. The van der Waals surface area contributed by atoms with Gasteiger partial charge in [-0.2, -0.15) is 0 Å². The highest BCUT2D eigenvalue weighted by atomic mass is 19.3. The van der Waals surface area contributed by atoms with E-state index in [2.05, 4.69) is 66.1 Å². The number of nitrogens with zero attached hydrogens (tertiary/aromatic N) is 14. The number of hydrogen-bond acceptors (Lipinski definition) is 20. The number of aliphatic hydroxyl groups is 1. The van der Waals surface area contributed by atoms with Crippen LogP contribution in [-0.4, -0.2) is 106 Å². The number of aliphatic hydroxyl groups excluding tert-OH is 1. The average molecular weight is 1870 g/mol. The lowest BCUT2D eigenvalue weighted by molar-refractivity contribution is 0.0659. The van der Waals surface area contributed by atoms with Crippen molar-refractivity contribution >= 4 is 67.4 Å². The van der Waals surface area contributed by atoms with E-state index in [4.69, 9.17) is 4.74 Å². The molecule has 0 spiro atoms. The Balaban J connectivity index is 0.000000153. The summed E-state index contributed by atoms with van der Waals surface area (Å²) in [4.78, 5) is 93.3. The molecule has 14 aromatic rings. The van der Waals surface area contributed by atoms with Gasteiger partial charge in [0.2, 0.25) is 0 Å². The fourth-order valence-electron chi connectivity index (χ4n) is 17.2. The van der Waals surface area contributed by atoms with Crippen molar-refractivity contribution in [2.45, 2.75) is 168 Å². The molecule has 10 heterocycles. The number of alkyl halides is 9. The second-order valence-electron chi connectivity index (χ2n) is 33.9. The van der Waals surface area contributed by atoms with Crippen LogP contribution in [-0.2, 0) is 46.7 Å². The molecule has 2 fully saturated rings. The summed E-state index contributed by atoms with van der Waals surface area (Å²) in [5, 5.41) is 24.5. The average Bonchev–Trinajstić information content (AvgIpc) is 0.745. The summed E-state index contributed by atoms with van der Waals surface area (Å²) in [6.45, 7) is 14.6. The maximum atomic E-state index is 15.9. The van der Waals surface area contributed by atoms with Crippen LogP contribution in [0.2, 0.25) is 0 Å². The minimum absolute atomic E-state index is 0.0321. The Bertz CT molecular complexity index is 7000. The molecule has 1 saturated carbocycles. The first kappa shape index (κ1) is 98.9. The molecule has 1 aliphatic carbocycles. The summed E-state index contributed by atoms with van der Waals surface area (Å²) < 4.78 is 191. The molecule has 1 aliphatic heterocycles. The standard InChI is InChI=1S/C27H27F3N4O2.C24H27F4N5O.C24H27F3N4O2.C23H20F3N5O/c1-14-17(8-6-11-22(14)36-5)12-18-13-21-25(32-16(3)33-26(21)34(4)27(18)35)31-15(2)19-9-7-10-20(23(19)28)24(29)30;1-13(15-6-5-7-16(19(15)25)20(26)27)29-21-17-12-18(24(28)8-10-32(3)11-9-24)23(34)33(4)22(17)31-14(2)30-21;1-13(17-7-4-8-18(20(17)25)21(26)27)30-22-19-11-15(9-14-5-3-6-16(32)10-14)24(33)31(2)23(19)29-12-28-22;1-12(15-7-4-8-16(19(15)24)20(25)26)28-21-18-10-17(14-6-5-9-27-11-14)23(32)31(3)22(18)30-13(2)29-21/h6-11,13,15,24H,12H2,1-5H3,(H,31,32,33);5-7,12-13,20H,8-11H2,1-4H3,(H,29,30,31);4,7-8,11-14,16,21,32H,3,5-6,9-10H2,1-2H3,(H,28,29,30);4-12,20H,1-3H3,(H,28,29,30)/t15-;13-;13-,14?,16?;12-/m1111/s1. The van der Waals surface area contributed by atoms with Gasteiger partial charge in [-0.1, -0.05) is 97.4 Å². The van der Waals surface area contributed by atoms with Gasteiger partial charge in [0.1, 0.15) is 104 Å². The quantitative estimate of drug-likeness (QED) is 0.0372. The summed E-state index contributed by atoms with van der Waals surface area (Å²) in [7, 11) is 9.90. The van der Waals surface area contributed by atoms with E-state index in [0.29, 0.717) is 134 Å². The molecule has 1 saturated heterocycles. The van der Waals surface area contributed by atoms with Gasteiger partial charge in [-0.3, -0.25) is 42.4 Å². The van der Waals surface area contributed by atoms with Crippen LogP contribution in [0.15, 0.2) is 165 Å². The molecule has 0 amide bonds. The monoisotopic (exact) mass is 1870 g/mol. The van der Waals surface area contributed by atoms with Crippen molar-refractivity contribution in [3.05, 3.63) is 301 Å². The third-order valence-corrected chi connectivity index (χ3v) is 24.6. The number of likely N-dealkylation sites (tertiary alicyclic amines) is 1. The maximum absolute atomic E-state index is 15.9. The van der Waals surface area contributed by atoms with Gasteiger partial charge in [0, 0.05) is 105 Å². The van der Waals surface area contributed by atoms with Crippen LogP contribution in [0.5, 0.6) is 5.75 Å². The second kappa shape index (κ2) is 41.9. The van der Waals surface area contributed by atoms with Crippen LogP contribution in [0, 0.1) is 56.9 Å². The Morgan fingerprint density at radius 2 is 0.859 bits per heavy atom. The largest absolute Gasteiger partial charge is 0.496 e. The number of benzene rings is 5. The van der Waals surface area contributed by atoms with Crippen molar-refractivity contribution in [1.82, 2.24) is 68.0 Å². The van der Waals surface area contributed by atoms with Gasteiger partial charge in [-0.15, -0.1) is 0 Å². The molecule has 2 unspecified atom stereocenters. The van der Waals surface area contributed by atoms with Gasteiger partial charge in [0.05, 0.1) is 86.7 Å². The molecule has 710 valence electrons. The topological polar surface area (TPSA) is 285 Å². The van der Waals surface area contributed by atoms with Gasteiger partial charge >= 0.3 is 0 Å². The number of halogens is 13. The van der Waals surface area contributed by atoms with Gasteiger partial charge < -0.3 is 36.0 Å². The summed E-state index contributed by atoms with van der Waals surface area (Å²) in [6.07, 6.45) is -2.94. The Morgan fingerprint density at radius 3 is 1.30 bits per heavy atom. The normalized spacial score (nSPS) is 15.4. The number of rotatable bonds is 23. The Morgan fingerprint density at radius 1 is 0.459 bits per heavy atom. The molecule has 37 heteroatoms. The first-order chi connectivity index (χ1) is 64.2. The highest BCUT2D eigenvalue weighted by Gasteiger charge is 2.39. The number of methoxy groups -OCH3 is 1. The molecular weight excluding hydrogens is 1770 g/mol. The lowest BCUT2D eigenvalue weighted by Gasteiger charge is -2.34. The van der Waals surface area contributed by atoms with Crippen molar-refractivity contribution in [3.63, 3.8) is 0 Å². The number of anilines is 4. The molecule has 16 rings (SSSR count). The molecule has 0 radical (unpaired) electrons. The van der Waals surface area contributed by atoms with Gasteiger partial charge in [0.15, 0.2) is 0 Å². The molecule has 5 aromatic carbocycles. The zero-order valence-electron chi connectivity index (χ0n) is 76.4. The van der Waals surface area contributed by atoms with E-state index in [1.54, 1.807) is 119 Å². The van der Waals surface area contributed by atoms with Crippen LogP contribution in [0.4, 0.5) is 80.3 Å². The van der Waals surface area contributed by atoms with Crippen molar-refractivity contribution in [2.24, 2.45) is 34.1 Å². The summed E-state index contributed by atoms with van der Waals surface area (Å²) >= 11 is 0. The molecule has 5 N–H and O–H groups in total. The molecule has 9 aromatic heterocycles. The lowest BCUT2D eigenvalue weighted by Crippen LogP contribution is -2.42. The van der Waals surface area contributed by atoms with E-state index < -0.39 is 107 Å². The molecule has 6 atom stereocenters. The predicted molar refractivity (Wildman–Crippen MR) is 492 cm³/mol. The Labute approximate surface area is 767 Å². The van der Waals surface area contributed by atoms with E-state index in [0.717, 1.165) is 60.4 Å². The van der Waals surface area contributed by atoms with Gasteiger partial charge in [-0.25, -0.2) is 96.9 Å². The highest BCUT2D eigenvalue weighted by molar-refractivity contribution is 5.92. The number of hydrogen-bond donors (Lipinski definition) is 5. The van der Waals surface area contributed by atoms with Gasteiger partial charge in [-0.05, 0) is 154 Å². The Kier molecular flexibility index (Phi) is 30.7. The number of nitrogens with one attached hydrogen (secondary N) is 4. The van der Waals surface area contributed by atoms with Crippen molar-refractivity contribution < 1.29 is 66.9 Å². The van der Waals surface area contributed by atoms with Crippen LogP contribution in [0.3, 0.4) is 0 Å². The number of aromatic nitrogens is 13. The summed E-state index contributed by atoms with van der Waals surface area (Å²) in [6, 6.07) is 28.6. The molecule has 24 nitrogen and oxygen atoms in total.